The lowest BCUT2D eigenvalue weighted by atomic mass is 10.1. The van der Waals surface area contributed by atoms with Crippen molar-refractivity contribution in [2.24, 2.45) is 0 Å². The molecule has 0 radical (unpaired) electrons. The van der Waals surface area contributed by atoms with Crippen molar-refractivity contribution in [1.82, 2.24) is 9.80 Å². The van der Waals surface area contributed by atoms with E-state index in [-0.39, 0.29) is 5.91 Å². The third kappa shape index (κ3) is 7.24. The number of amides is 1. The number of carboxylic acids is 2. The normalized spacial score (nSPS) is 13.5. The lowest BCUT2D eigenvalue weighted by Gasteiger charge is -2.34. The molecule has 1 aliphatic heterocycles. The van der Waals surface area contributed by atoms with E-state index in [1.165, 1.54) is 5.56 Å². The van der Waals surface area contributed by atoms with Crippen molar-refractivity contribution < 1.29 is 34.1 Å². The summed E-state index contributed by atoms with van der Waals surface area (Å²) in [5.74, 6) is -1.97. The molecule has 0 unspecified atom stereocenters. The molecular formula is C22H25BrN2O7. The number of nitrogens with zero attached hydrogens (tertiary/aromatic N) is 2. The molecule has 1 aliphatic rings. The molecular weight excluding hydrogens is 484 g/mol. The molecule has 0 aromatic heterocycles. The van der Waals surface area contributed by atoms with E-state index >= 15 is 0 Å². The number of methoxy groups -OCH3 is 2. The van der Waals surface area contributed by atoms with E-state index in [9.17, 15) is 4.79 Å². The predicted octanol–water partition coefficient (Wildman–Crippen LogP) is 2.58. The second-order valence-electron chi connectivity index (χ2n) is 6.88. The SMILES string of the molecule is COc1ccc(C(=O)N2CCN(Cc3ccc(OC)c(Br)c3)CC2)cc1.O=C(O)C(=O)O. The quantitative estimate of drug-likeness (QED) is 0.591. The summed E-state index contributed by atoms with van der Waals surface area (Å²) in [6.45, 7) is 4.08. The molecule has 10 heteroatoms. The van der Waals surface area contributed by atoms with Crippen LogP contribution in [0.25, 0.3) is 0 Å². The van der Waals surface area contributed by atoms with E-state index in [1.54, 1.807) is 14.2 Å². The van der Waals surface area contributed by atoms with Crippen LogP contribution in [0.15, 0.2) is 46.9 Å². The van der Waals surface area contributed by atoms with Crippen LogP contribution in [0.3, 0.4) is 0 Å². The van der Waals surface area contributed by atoms with Gasteiger partial charge in [-0.05, 0) is 57.9 Å². The highest BCUT2D eigenvalue weighted by molar-refractivity contribution is 9.10. The van der Waals surface area contributed by atoms with Gasteiger partial charge >= 0.3 is 11.9 Å². The van der Waals surface area contributed by atoms with E-state index in [1.807, 2.05) is 35.2 Å². The molecule has 172 valence electrons. The first-order valence-corrected chi connectivity index (χ1v) is 10.5. The topological polar surface area (TPSA) is 117 Å². The molecule has 1 saturated heterocycles. The monoisotopic (exact) mass is 508 g/mol. The standard InChI is InChI=1S/C20H23BrN2O3.C2H2O4/c1-25-17-6-4-16(5-7-17)20(24)23-11-9-22(10-12-23)14-15-3-8-19(26-2)18(21)13-15;3-1(4)2(5)6/h3-8,13H,9-12,14H2,1-2H3;(H,3,4)(H,5,6). The fourth-order valence-electron chi connectivity index (χ4n) is 3.09. The van der Waals surface area contributed by atoms with Gasteiger partial charge in [0, 0.05) is 38.3 Å². The molecule has 0 saturated carbocycles. The zero-order valence-corrected chi connectivity index (χ0v) is 19.4. The number of hydrogen-bond acceptors (Lipinski definition) is 6. The van der Waals surface area contributed by atoms with E-state index in [2.05, 4.69) is 33.0 Å². The van der Waals surface area contributed by atoms with Crippen LogP contribution in [0, 0.1) is 0 Å². The second-order valence-corrected chi connectivity index (χ2v) is 7.73. The van der Waals surface area contributed by atoms with Crippen molar-refractivity contribution in [1.29, 1.82) is 0 Å². The Morgan fingerprint density at radius 1 is 0.906 bits per heavy atom. The van der Waals surface area contributed by atoms with Gasteiger partial charge in [-0.15, -0.1) is 0 Å². The molecule has 2 aromatic carbocycles. The maximum Gasteiger partial charge on any atom is 0.414 e. The minimum Gasteiger partial charge on any atom is -0.497 e. The van der Waals surface area contributed by atoms with Crippen molar-refractivity contribution in [2.45, 2.75) is 6.54 Å². The first-order chi connectivity index (χ1) is 15.2. The lowest BCUT2D eigenvalue weighted by molar-refractivity contribution is -0.159. The number of ether oxygens (including phenoxy) is 2. The summed E-state index contributed by atoms with van der Waals surface area (Å²) in [6.07, 6.45) is 0. The largest absolute Gasteiger partial charge is 0.497 e. The van der Waals surface area contributed by atoms with E-state index in [4.69, 9.17) is 29.3 Å². The maximum absolute atomic E-state index is 12.6. The summed E-state index contributed by atoms with van der Waals surface area (Å²) >= 11 is 3.53. The Hall–Kier alpha value is -3.11. The summed E-state index contributed by atoms with van der Waals surface area (Å²) in [5, 5.41) is 14.8. The average Bonchev–Trinajstić information content (AvgIpc) is 2.79. The molecule has 0 aliphatic carbocycles. The van der Waals surface area contributed by atoms with E-state index in [0.717, 1.165) is 48.7 Å². The third-order valence-corrected chi connectivity index (χ3v) is 5.42. The Morgan fingerprint density at radius 3 is 1.97 bits per heavy atom. The molecule has 3 rings (SSSR count). The summed E-state index contributed by atoms with van der Waals surface area (Å²) in [6, 6.07) is 13.4. The number of carbonyl (C=O) groups excluding carboxylic acids is 1. The van der Waals surface area contributed by atoms with Crippen LogP contribution in [-0.4, -0.2) is 78.3 Å². The molecule has 1 amide bonds. The first kappa shape index (κ1) is 25.2. The van der Waals surface area contributed by atoms with Crippen molar-refractivity contribution in [2.75, 3.05) is 40.4 Å². The molecule has 1 fully saturated rings. The molecule has 9 nitrogen and oxygen atoms in total. The van der Waals surface area contributed by atoms with Crippen molar-refractivity contribution in [3.05, 3.63) is 58.1 Å². The number of halogens is 1. The van der Waals surface area contributed by atoms with Crippen molar-refractivity contribution >= 4 is 33.8 Å². The summed E-state index contributed by atoms with van der Waals surface area (Å²) in [7, 11) is 3.29. The second kappa shape index (κ2) is 12.1. The Kier molecular flexibility index (Phi) is 9.48. The number of hydrogen-bond donors (Lipinski definition) is 2. The Bertz CT molecular complexity index is 930. The molecule has 0 atom stereocenters. The minimum absolute atomic E-state index is 0.0829. The summed E-state index contributed by atoms with van der Waals surface area (Å²) < 4.78 is 11.4. The van der Waals surface area contributed by atoms with Gasteiger partial charge in [-0.1, -0.05) is 6.07 Å². The molecule has 2 aromatic rings. The van der Waals surface area contributed by atoms with Crippen LogP contribution < -0.4 is 9.47 Å². The zero-order chi connectivity index (χ0) is 23.7. The third-order valence-electron chi connectivity index (χ3n) is 4.80. The van der Waals surface area contributed by atoms with E-state index < -0.39 is 11.9 Å². The summed E-state index contributed by atoms with van der Waals surface area (Å²) in [5.41, 5.74) is 1.94. The van der Waals surface area contributed by atoms with Gasteiger partial charge in [0.25, 0.3) is 5.91 Å². The highest BCUT2D eigenvalue weighted by atomic mass is 79.9. The number of carbonyl (C=O) groups is 3. The molecule has 0 bridgehead atoms. The van der Waals surface area contributed by atoms with Crippen LogP contribution in [0.5, 0.6) is 11.5 Å². The Morgan fingerprint density at radius 2 is 1.50 bits per heavy atom. The van der Waals surface area contributed by atoms with Gasteiger partial charge in [0.05, 0.1) is 18.7 Å². The van der Waals surface area contributed by atoms with Gasteiger partial charge < -0.3 is 24.6 Å². The number of piperazine rings is 1. The van der Waals surface area contributed by atoms with Gasteiger partial charge in [0.1, 0.15) is 11.5 Å². The Balaban J connectivity index is 0.000000534. The van der Waals surface area contributed by atoms with Crippen LogP contribution in [0.1, 0.15) is 15.9 Å². The molecule has 32 heavy (non-hydrogen) atoms. The smallest absolute Gasteiger partial charge is 0.414 e. The van der Waals surface area contributed by atoms with Gasteiger partial charge in [-0.25, -0.2) is 9.59 Å². The molecule has 2 N–H and O–H groups in total. The van der Waals surface area contributed by atoms with Gasteiger partial charge in [0.15, 0.2) is 0 Å². The maximum atomic E-state index is 12.6. The Labute approximate surface area is 194 Å². The van der Waals surface area contributed by atoms with Crippen LogP contribution in [0.2, 0.25) is 0 Å². The first-order valence-electron chi connectivity index (χ1n) is 9.69. The van der Waals surface area contributed by atoms with Crippen LogP contribution in [-0.2, 0) is 16.1 Å². The highest BCUT2D eigenvalue weighted by Gasteiger charge is 2.22. The predicted molar refractivity (Wildman–Crippen MR) is 120 cm³/mol. The van der Waals surface area contributed by atoms with Gasteiger partial charge in [0.2, 0.25) is 0 Å². The fraction of sp³-hybridized carbons (Fsp3) is 0.318. The fourth-order valence-corrected chi connectivity index (χ4v) is 3.68. The van der Waals surface area contributed by atoms with Gasteiger partial charge in [-0.3, -0.25) is 9.69 Å². The molecule has 0 spiro atoms. The number of carboxylic acid groups (broad SMARTS) is 2. The average molecular weight is 509 g/mol. The molecule has 1 heterocycles. The lowest BCUT2D eigenvalue weighted by Crippen LogP contribution is -2.48. The van der Waals surface area contributed by atoms with Crippen molar-refractivity contribution in [3.8, 4) is 11.5 Å². The van der Waals surface area contributed by atoms with Gasteiger partial charge in [-0.2, -0.15) is 0 Å². The van der Waals surface area contributed by atoms with Crippen molar-refractivity contribution in [3.63, 3.8) is 0 Å². The summed E-state index contributed by atoms with van der Waals surface area (Å²) in [4.78, 5) is 35.1. The number of aliphatic carboxylic acids is 2. The highest BCUT2D eigenvalue weighted by Crippen LogP contribution is 2.26. The van der Waals surface area contributed by atoms with Crippen LogP contribution >= 0.6 is 15.9 Å². The van der Waals surface area contributed by atoms with Crippen LogP contribution in [0.4, 0.5) is 0 Å². The zero-order valence-electron chi connectivity index (χ0n) is 17.8. The number of rotatable bonds is 5. The van der Waals surface area contributed by atoms with E-state index in [0.29, 0.717) is 5.56 Å². The number of benzene rings is 2. The minimum atomic E-state index is -1.82.